The predicted octanol–water partition coefficient (Wildman–Crippen LogP) is 1.31. The second-order valence-corrected chi connectivity index (χ2v) is 7.00. The zero-order chi connectivity index (χ0) is 21.5. The van der Waals surface area contributed by atoms with Crippen LogP contribution in [0, 0.1) is 17.1 Å². The number of ether oxygens (including phenoxy) is 1. The van der Waals surface area contributed by atoms with Gasteiger partial charge < -0.3 is 4.74 Å². The molecule has 2 aromatic carbocycles. The highest BCUT2D eigenvalue weighted by Crippen LogP contribution is 2.66. The summed E-state index contributed by atoms with van der Waals surface area (Å²) in [5.74, 6) is -13.3. The molecule has 0 spiro atoms. The molecule has 0 saturated heterocycles. The molecule has 0 saturated carbocycles. The van der Waals surface area contributed by atoms with E-state index in [2.05, 4.69) is 0 Å². The molecule has 8 radical (unpaired) electrons. The van der Waals surface area contributed by atoms with E-state index < -0.39 is 63.6 Å². The lowest BCUT2D eigenvalue weighted by Gasteiger charge is -2.25. The standard InChI is InChI=1S/C18H6B4F5NO/c19-8-3-7-10-6(17(24,25)18(7,26)27)1-2-9(11(8)10)29-16-13(21)5(4-28)12(20)15(23)14(16)22/h1-2,7-8H,3H2. The van der Waals surface area contributed by atoms with E-state index in [1.165, 1.54) is 0 Å². The largest absolute Gasteiger partial charge is 0.458 e. The molecule has 136 valence electrons. The zero-order valence-electron chi connectivity index (χ0n) is 14.6. The summed E-state index contributed by atoms with van der Waals surface area (Å²) in [5.41, 5.74) is -3.18. The second-order valence-electron chi connectivity index (χ2n) is 7.00. The third kappa shape index (κ3) is 2.38. The molecule has 2 atom stereocenters. The van der Waals surface area contributed by atoms with Gasteiger partial charge in [-0.2, -0.15) is 22.8 Å². The Morgan fingerprint density at radius 3 is 2.31 bits per heavy atom. The van der Waals surface area contributed by atoms with Crippen molar-refractivity contribution in [3.8, 4) is 17.6 Å². The molecule has 0 N–H and O–H groups in total. The summed E-state index contributed by atoms with van der Waals surface area (Å²) >= 11 is 0. The highest BCUT2D eigenvalue weighted by molar-refractivity contribution is 6.47. The van der Waals surface area contributed by atoms with E-state index in [-0.39, 0.29) is 22.3 Å². The lowest BCUT2D eigenvalue weighted by atomic mass is 9.74. The van der Waals surface area contributed by atoms with Gasteiger partial charge in [0.15, 0.2) is 0 Å². The van der Waals surface area contributed by atoms with Crippen molar-refractivity contribution in [3.63, 3.8) is 0 Å². The maximum atomic E-state index is 14.3. The molecule has 0 aliphatic heterocycles. The monoisotopic (exact) mass is 391 g/mol. The Labute approximate surface area is 168 Å². The van der Waals surface area contributed by atoms with Gasteiger partial charge in [0.2, 0.25) is 0 Å². The molecule has 11 heteroatoms. The van der Waals surface area contributed by atoms with E-state index in [0.717, 1.165) is 12.1 Å². The Kier molecular flexibility index (Phi) is 4.17. The van der Waals surface area contributed by atoms with E-state index in [4.69, 9.17) is 41.4 Å². The minimum atomic E-state index is -4.36. The minimum absolute atomic E-state index is 0.0566. The molecule has 2 nitrogen and oxygen atoms in total. The van der Waals surface area contributed by atoms with Crippen LogP contribution in [0.2, 0.25) is 0 Å². The van der Waals surface area contributed by atoms with E-state index in [0.29, 0.717) is 0 Å². The summed E-state index contributed by atoms with van der Waals surface area (Å²) in [6.45, 7) is 0. The number of hydrogen-bond acceptors (Lipinski definition) is 2. The average Bonchev–Trinajstić information content (AvgIpc) is 3.08. The Hall–Kier alpha value is -2.36. The van der Waals surface area contributed by atoms with Crippen molar-refractivity contribution in [1.82, 2.24) is 0 Å². The minimum Gasteiger partial charge on any atom is -0.458 e. The Morgan fingerprint density at radius 1 is 1.03 bits per heavy atom. The van der Waals surface area contributed by atoms with E-state index in [1.54, 1.807) is 6.07 Å². The first kappa shape index (κ1) is 19.9. The zero-order valence-corrected chi connectivity index (χ0v) is 14.6. The maximum Gasteiger partial charge on any atom is 0.336 e. The van der Waals surface area contributed by atoms with Gasteiger partial charge in [0.1, 0.15) is 40.9 Å². The van der Waals surface area contributed by atoms with Gasteiger partial charge in [-0.15, -0.1) is 0 Å². The summed E-state index contributed by atoms with van der Waals surface area (Å²) in [6.07, 6.45) is -0.421. The first-order valence-electron chi connectivity index (χ1n) is 8.37. The normalized spacial score (nSPS) is 22.9. The fraction of sp³-hybridized carbons (Fsp3) is 0.278. The second kappa shape index (κ2) is 6.07. The summed E-state index contributed by atoms with van der Waals surface area (Å²) in [7, 11) is 22.9. The van der Waals surface area contributed by atoms with Gasteiger partial charge in [0.25, 0.3) is 0 Å². The summed E-state index contributed by atoms with van der Waals surface area (Å²) < 4.78 is 76.8. The molecular weight excluding hydrogens is 384 g/mol. The molecule has 4 rings (SSSR count). The van der Waals surface area contributed by atoms with Crippen LogP contribution in [0.1, 0.15) is 40.4 Å². The molecule has 2 aromatic rings. The number of nitriles is 1. The van der Waals surface area contributed by atoms with Crippen LogP contribution in [-0.4, -0.2) is 37.3 Å². The van der Waals surface area contributed by atoms with Gasteiger partial charge in [0, 0.05) is 11.1 Å². The Balaban J connectivity index is 1.91. The molecule has 0 fully saturated rings. The molecule has 2 aliphatic rings. The van der Waals surface area contributed by atoms with Crippen molar-refractivity contribution in [2.75, 3.05) is 0 Å². The smallest absolute Gasteiger partial charge is 0.336 e. The van der Waals surface area contributed by atoms with Crippen molar-refractivity contribution < 1.29 is 26.7 Å². The van der Waals surface area contributed by atoms with Gasteiger partial charge in [0.05, 0.1) is 19.8 Å². The first-order valence-corrected chi connectivity index (χ1v) is 8.37. The Morgan fingerprint density at radius 2 is 1.69 bits per heavy atom. The lowest BCUT2D eigenvalue weighted by molar-refractivity contribution is -0.215. The quantitative estimate of drug-likeness (QED) is 0.572. The van der Waals surface area contributed by atoms with E-state index in [1.807, 2.05) is 0 Å². The average molecular weight is 390 g/mol. The number of hydrogen-bond donors (Lipinski definition) is 0. The number of halogens is 5. The first-order chi connectivity index (χ1) is 13.4. The van der Waals surface area contributed by atoms with Crippen molar-refractivity contribution >= 4 is 47.8 Å². The van der Waals surface area contributed by atoms with Gasteiger partial charge in [-0.05, 0) is 51.9 Å². The summed E-state index contributed by atoms with van der Waals surface area (Å²) in [5, 5.41) is 9.14. The number of nitrogens with zero attached hydrogens (tertiary/aromatic N) is 1. The fourth-order valence-corrected chi connectivity index (χ4v) is 4.05. The van der Waals surface area contributed by atoms with E-state index in [9.17, 15) is 22.0 Å². The van der Waals surface area contributed by atoms with E-state index >= 15 is 0 Å². The molecule has 2 unspecified atom stereocenters. The van der Waals surface area contributed by atoms with Crippen LogP contribution >= 0.6 is 0 Å². The fourth-order valence-electron chi connectivity index (χ4n) is 4.05. The van der Waals surface area contributed by atoms with Crippen LogP contribution in [0.25, 0.3) is 0 Å². The van der Waals surface area contributed by atoms with Crippen molar-refractivity contribution in [2.24, 2.45) is 0 Å². The molecular formula is C18H6B4F5NO. The SMILES string of the molecule is [B]c1c(F)c([B])c(Oc2ccc3c4c2C([B])CC4C(F)(F)C3(F)F)c([B])c1C#N. The number of benzene rings is 2. The van der Waals surface area contributed by atoms with Gasteiger partial charge in [-0.25, -0.2) is 4.39 Å². The highest BCUT2D eigenvalue weighted by Gasteiger charge is 2.70. The molecule has 0 bridgehead atoms. The van der Waals surface area contributed by atoms with Crippen LogP contribution in [0.4, 0.5) is 22.0 Å². The maximum absolute atomic E-state index is 14.3. The van der Waals surface area contributed by atoms with Crippen molar-refractivity contribution in [1.29, 1.82) is 5.26 Å². The van der Waals surface area contributed by atoms with Crippen molar-refractivity contribution in [2.45, 2.75) is 30.0 Å². The predicted molar refractivity (Wildman–Crippen MR) is 98.5 cm³/mol. The third-order valence-corrected chi connectivity index (χ3v) is 5.48. The van der Waals surface area contributed by atoms with Gasteiger partial charge in [-0.3, -0.25) is 0 Å². The molecule has 29 heavy (non-hydrogen) atoms. The van der Waals surface area contributed by atoms with Crippen LogP contribution < -0.4 is 21.1 Å². The third-order valence-electron chi connectivity index (χ3n) is 5.48. The molecule has 0 amide bonds. The Bertz CT molecular complexity index is 1110. The van der Waals surface area contributed by atoms with Gasteiger partial charge in [-0.1, -0.05) is 0 Å². The van der Waals surface area contributed by atoms with Crippen molar-refractivity contribution in [3.05, 3.63) is 40.2 Å². The van der Waals surface area contributed by atoms with Crippen LogP contribution in [0.15, 0.2) is 12.1 Å². The number of alkyl halides is 4. The molecule has 0 aromatic heterocycles. The number of rotatable bonds is 2. The molecule has 0 heterocycles. The van der Waals surface area contributed by atoms with Crippen LogP contribution in [-0.2, 0) is 5.92 Å². The van der Waals surface area contributed by atoms with Gasteiger partial charge >= 0.3 is 11.8 Å². The topological polar surface area (TPSA) is 33.0 Å². The summed E-state index contributed by atoms with van der Waals surface area (Å²) in [6, 6.07) is 3.45. The van der Waals surface area contributed by atoms with Crippen LogP contribution in [0.3, 0.4) is 0 Å². The van der Waals surface area contributed by atoms with Crippen LogP contribution in [0.5, 0.6) is 11.5 Å². The molecule has 2 aliphatic carbocycles. The highest BCUT2D eigenvalue weighted by atomic mass is 19.3. The lowest BCUT2D eigenvalue weighted by Crippen LogP contribution is -2.36. The summed E-state index contributed by atoms with van der Waals surface area (Å²) in [4.78, 5) is 0.